The maximum absolute atomic E-state index is 11.8. The van der Waals surface area contributed by atoms with Crippen LogP contribution >= 0.6 is 0 Å². The molecule has 150 valence electrons. The largest absolute Gasteiger partial charge is 0.488 e. The molecule has 2 aromatic carbocycles. The van der Waals surface area contributed by atoms with Gasteiger partial charge in [0.05, 0.1) is 5.52 Å². The van der Waals surface area contributed by atoms with Gasteiger partial charge in [-0.1, -0.05) is 42.5 Å². The fourth-order valence-electron chi connectivity index (χ4n) is 3.31. The summed E-state index contributed by atoms with van der Waals surface area (Å²) in [5.41, 5.74) is 8.32. The Bertz CT molecular complexity index is 1240. The second kappa shape index (κ2) is 7.93. The van der Waals surface area contributed by atoms with Gasteiger partial charge in [-0.3, -0.25) is 9.36 Å². The van der Waals surface area contributed by atoms with E-state index in [9.17, 15) is 14.8 Å². The fourth-order valence-corrected chi connectivity index (χ4v) is 3.31. The summed E-state index contributed by atoms with van der Waals surface area (Å²) in [6.07, 6.45) is 0. The number of para-hydroxylation sites is 1. The predicted molar refractivity (Wildman–Crippen MR) is 114 cm³/mol. The number of nitrogens with zero attached hydrogens (tertiary/aromatic N) is 4. The molecule has 9 nitrogen and oxygen atoms in total. The number of hydrogen-bond acceptors (Lipinski definition) is 7. The zero-order valence-electron chi connectivity index (χ0n) is 16.1. The molecule has 4 rings (SSSR count). The molecule has 10 heteroatoms. The number of nitrogens with one attached hydrogen (secondary N) is 1. The Morgan fingerprint density at radius 1 is 1.13 bits per heavy atom. The van der Waals surface area contributed by atoms with Gasteiger partial charge >= 0.3 is 7.12 Å². The normalized spacial score (nSPS) is 10.9. The van der Waals surface area contributed by atoms with E-state index in [0.29, 0.717) is 11.4 Å². The van der Waals surface area contributed by atoms with Gasteiger partial charge < -0.3 is 21.1 Å². The minimum absolute atomic E-state index is 0.0776. The lowest BCUT2D eigenvalue weighted by molar-refractivity contribution is 0.0995. The summed E-state index contributed by atoms with van der Waals surface area (Å²) >= 11 is 0. The molecule has 0 bridgehead atoms. The molecule has 0 saturated heterocycles. The quantitative estimate of drug-likeness (QED) is 0.345. The summed E-state index contributed by atoms with van der Waals surface area (Å²) in [6.45, 7) is 2.20. The summed E-state index contributed by atoms with van der Waals surface area (Å²) in [5.74, 6) is -0.252. The first-order chi connectivity index (χ1) is 14.4. The molecule has 30 heavy (non-hydrogen) atoms. The molecule has 1 amide bonds. The Hall–Kier alpha value is -3.76. The van der Waals surface area contributed by atoms with Crippen LogP contribution in [0.3, 0.4) is 0 Å². The van der Waals surface area contributed by atoms with Crippen LogP contribution in [-0.2, 0) is 6.54 Å². The molecule has 0 saturated carbocycles. The lowest BCUT2D eigenvalue weighted by Gasteiger charge is -2.12. The van der Waals surface area contributed by atoms with E-state index in [1.807, 2.05) is 47.9 Å². The summed E-state index contributed by atoms with van der Waals surface area (Å²) < 4.78 is 1.85. The lowest BCUT2D eigenvalue weighted by atomic mass is 9.80. The van der Waals surface area contributed by atoms with Crippen LogP contribution in [0.1, 0.15) is 21.7 Å². The molecule has 4 aromatic rings. The molecule has 0 atom stereocenters. The summed E-state index contributed by atoms with van der Waals surface area (Å²) in [7, 11) is -1.57. The topological polar surface area (TPSA) is 139 Å². The Kier molecular flexibility index (Phi) is 5.17. The third kappa shape index (κ3) is 3.73. The van der Waals surface area contributed by atoms with Crippen molar-refractivity contribution in [2.24, 2.45) is 5.73 Å². The maximum Gasteiger partial charge on any atom is 0.488 e. The summed E-state index contributed by atoms with van der Waals surface area (Å²) in [5, 5.41) is 30.9. The van der Waals surface area contributed by atoms with Gasteiger partial charge in [-0.15, -0.1) is 10.2 Å². The molecule has 0 aliphatic rings. The molecule has 0 aliphatic heterocycles. The summed E-state index contributed by atoms with van der Waals surface area (Å²) in [6, 6.07) is 16.6. The Labute approximate surface area is 172 Å². The number of primary amides is 1. The van der Waals surface area contributed by atoms with Crippen molar-refractivity contribution in [2.75, 3.05) is 5.32 Å². The van der Waals surface area contributed by atoms with Crippen LogP contribution in [0.25, 0.3) is 16.9 Å². The number of carbonyl (C=O) groups excluding carboxylic acids is 1. The highest BCUT2D eigenvalue weighted by Gasteiger charge is 2.18. The minimum Gasteiger partial charge on any atom is -0.423 e. The average Bonchev–Trinajstić information content (AvgIpc) is 3.07. The van der Waals surface area contributed by atoms with Crippen LogP contribution in [0, 0.1) is 6.92 Å². The number of aromatic nitrogens is 4. The van der Waals surface area contributed by atoms with Gasteiger partial charge in [0.1, 0.15) is 0 Å². The van der Waals surface area contributed by atoms with Crippen LogP contribution in [0.5, 0.6) is 0 Å². The van der Waals surface area contributed by atoms with E-state index in [0.717, 1.165) is 22.2 Å². The number of nitrogens with two attached hydrogens (primary N) is 1. The van der Waals surface area contributed by atoms with Gasteiger partial charge in [0, 0.05) is 17.6 Å². The van der Waals surface area contributed by atoms with Gasteiger partial charge in [0.15, 0.2) is 11.5 Å². The summed E-state index contributed by atoms with van der Waals surface area (Å²) in [4.78, 5) is 16.3. The van der Waals surface area contributed by atoms with Crippen LogP contribution in [-0.4, -0.2) is 42.8 Å². The molecule has 2 heterocycles. The zero-order valence-corrected chi connectivity index (χ0v) is 16.1. The van der Waals surface area contributed by atoms with Crippen LogP contribution in [0.2, 0.25) is 0 Å². The van der Waals surface area contributed by atoms with E-state index in [-0.39, 0.29) is 18.1 Å². The number of anilines is 1. The van der Waals surface area contributed by atoms with E-state index in [2.05, 4.69) is 20.5 Å². The average molecular weight is 402 g/mol. The Morgan fingerprint density at radius 3 is 2.70 bits per heavy atom. The third-order valence-electron chi connectivity index (χ3n) is 4.71. The lowest BCUT2D eigenvalue weighted by Crippen LogP contribution is -2.30. The molecule has 0 unspecified atom stereocenters. The van der Waals surface area contributed by atoms with Crippen molar-refractivity contribution in [1.82, 2.24) is 19.7 Å². The molecular formula is C20H19BN6O3. The number of hydrogen-bond donors (Lipinski definition) is 4. The van der Waals surface area contributed by atoms with Crippen molar-refractivity contribution in [2.45, 2.75) is 13.5 Å². The number of aryl methyl sites for hydroxylation is 1. The highest BCUT2D eigenvalue weighted by molar-refractivity contribution is 6.58. The zero-order chi connectivity index (χ0) is 21.3. The Balaban J connectivity index is 1.71. The van der Waals surface area contributed by atoms with Crippen molar-refractivity contribution in [3.8, 4) is 5.95 Å². The molecule has 0 spiro atoms. The van der Waals surface area contributed by atoms with Gasteiger partial charge in [-0.05, 0) is 30.1 Å². The Morgan fingerprint density at radius 2 is 1.93 bits per heavy atom. The number of amides is 1. The van der Waals surface area contributed by atoms with E-state index in [1.165, 1.54) is 0 Å². The van der Waals surface area contributed by atoms with Crippen molar-refractivity contribution in [3.05, 3.63) is 71.5 Å². The van der Waals surface area contributed by atoms with Crippen LogP contribution in [0.4, 0.5) is 5.82 Å². The molecule has 0 radical (unpaired) electrons. The minimum atomic E-state index is -1.57. The fraction of sp³-hybridized carbons (Fsp3) is 0.100. The monoisotopic (exact) mass is 402 g/mol. The smallest absolute Gasteiger partial charge is 0.423 e. The van der Waals surface area contributed by atoms with Gasteiger partial charge in [0.2, 0.25) is 0 Å². The van der Waals surface area contributed by atoms with Crippen molar-refractivity contribution in [1.29, 1.82) is 0 Å². The van der Waals surface area contributed by atoms with E-state index >= 15 is 0 Å². The highest BCUT2D eigenvalue weighted by Crippen LogP contribution is 2.23. The molecule has 5 N–H and O–H groups in total. The second-order valence-corrected chi connectivity index (χ2v) is 6.83. The van der Waals surface area contributed by atoms with Crippen molar-refractivity contribution in [3.63, 3.8) is 0 Å². The first kappa shape index (κ1) is 19.6. The van der Waals surface area contributed by atoms with E-state index < -0.39 is 13.0 Å². The van der Waals surface area contributed by atoms with Gasteiger partial charge in [-0.25, -0.2) is 0 Å². The second-order valence-electron chi connectivity index (χ2n) is 6.83. The third-order valence-corrected chi connectivity index (χ3v) is 4.71. The van der Waals surface area contributed by atoms with Crippen molar-refractivity contribution < 1.29 is 14.8 Å². The predicted octanol–water partition coefficient (Wildman–Crippen LogP) is 0.515. The maximum atomic E-state index is 11.8. The molecular weight excluding hydrogens is 383 g/mol. The van der Waals surface area contributed by atoms with E-state index in [1.54, 1.807) is 18.2 Å². The van der Waals surface area contributed by atoms with E-state index in [4.69, 9.17) is 5.73 Å². The molecule has 0 aliphatic carbocycles. The first-order valence-corrected chi connectivity index (χ1v) is 9.25. The number of fused-ring (bicyclic) bond motifs is 1. The number of carbonyl (C=O) groups is 1. The number of benzene rings is 2. The first-order valence-electron chi connectivity index (χ1n) is 9.25. The van der Waals surface area contributed by atoms with Crippen LogP contribution < -0.4 is 16.5 Å². The molecule has 0 fully saturated rings. The van der Waals surface area contributed by atoms with Gasteiger partial charge in [-0.2, -0.15) is 4.98 Å². The number of rotatable bonds is 6. The van der Waals surface area contributed by atoms with Crippen LogP contribution in [0.15, 0.2) is 54.6 Å². The SMILES string of the molecule is Cc1cc2ccccc2n1-c1nnc(C(N)=O)c(NCc2cccc(B(O)O)c2)n1. The van der Waals surface area contributed by atoms with Gasteiger partial charge in [0.25, 0.3) is 11.9 Å². The molecule has 2 aromatic heterocycles. The highest BCUT2D eigenvalue weighted by atomic mass is 16.4. The standard InChI is InChI=1S/C20H19BN6O3/c1-12-9-14-6-2-3-8-16(14)27(12)20-24-19(17(18(22)28)25-26-20)23-11-13-5-4-7-15(10-13)21(29)30/h2-10,29-30H,11H2,1H3,(H2,22,28)(H,23,24,26). The van der Waals surface area contributed by atoms with Crippen molar-refractivity contribution >= 4 is 35.2 Å².